The largest absolute Gasteiger partial charge is 0.350 e. The van der Waals surface area contributed by atoms with E-state index in [4.69, 9.17) is 0 Å². The molecule has 1 fully saturated rings. The predicted molar refractivity (Wildman–Crippen MR) is 68.7 cm³/mol. The molecule has 2 heterocycles. The zero-order valence-electron chi connectivity index (χ0n) is 10.6. The maximum absolute atomic E-state index is 11.7. The summed E-state index contributed by atoms with van der Waals surface area (Å²) in [4.78, 5) is 19.6. The maximum Gasteiger partial charge on any atom is 0.220 e. The van der Waals surface area contributed by atoms with Crippen LogP contribution in [0.4, 0.5) is 0 Å². The molecule has 5 heteroatoms. The third kappa shape index (κ3) is 4.41. The van der Waals surface area contributed by atoms with E-state index in [1.54, 1.807) is 6.20 Å². The Balaban J connectivity index is 1.63. The molecule has 0 bridgehead atoms. The van der Waals surface area contributed by atoms with E-state index >= 15 is 0 Å². The lowest BCUT2D eigenvalue weighted by Gasteiger charge is -2.22. The number of nitrogens with one attached hydrogen (secondary N) is 2. The van der Waals surface area contributed by atoms with Crippen LogP contribution in [0.25, 0.3) is 0 Å². The highest BCUT2D eigenvalue weighted by molar-refractivity contribution is 5.75. The van der Waals surface area contributed by atoms with E-state index in [0.29, 0.717) is 18.9 Å². The zero-order chi connectivity index (χ0) is 12.6. The second kappa shape index (κ2) is 7.06. The first-order chi connectivity index (χ1) is 8.84. The van der Waals surface area contributed by atoms with Crippen LogP contribution in [-0.4, -0.2) is 29.0 Å². The second-order valence-corrected chi connectivity index (χ2v) is 4.73. The molecule has 5 nitrogen and oxygen atoms in total. The molecule has 1 aromatic rings. The number of nitrogens with zero attached hydrogens (tertiary/aromatic N) is 2. The minimum atomic E-state index is 0.110. The molecule has 2 rings (SSSR count). The van der Waals surface area contributed by atoms with Crippen LogP contribution in [-0.2, 0) is 11.3 Å². The number of rotatable bonds is 5. The quantitative estimate of drug-likeness (QED) is 0.811. The molecule has 0 spiro atoms. The van der Waals surface area contributed by atoms with Crippen molar-refractivity contribution in [3.8, 4) is 0 Å². The van der Waals surface area contributed by atoms with Gasteiger partial charge in [-0.25, -0.2) is 9.97 Å². The molecule has 1 amide bonds. The van der Waals surface area contributed by atoms with Gasteiger partial charge in [-0.3, -0.25) is 4.79 Å². The number of carbonyl (C=O) groups is 1. The van der Waals surface area contributed by atoms with Gasteiger partial charge in [0.2, 0.25) is 5.91 Å². The van der Waals surface area contributed by atoms with E-state index in [1.807, 2.05) is 6.07 Å². The van der Waals surface area contributed by atoms with E-state index in [1.165, 1.54) is 19.2 Å². The lowest BCUT2D eigenvalue weighted by atomic mass is 9.94. The summed E-state index contributed by atoms with van der Waals surface area (Å²) in [5.74, 6) is 0.766. The summed E-state index contributed by atoms with van der Waals surface area (Å²) in [7, 11) is 0. The van der Waals surface area contributed by atoms with Crippen LogP contribution in [0.2, 0.25) is 0 Å². The number of hydrogen-bond acceptors (Lipinski definition) is 4. The summed E-state index contributed by atoms with van der Waals surface area (Å²) >= 11 is 0. The predicted octanol–water partition coefficient (Wildman–Crippen LogP) is 0.873. The van der Waals surface area contributed by atoms with E-state index in [2.05, 4.69) is 20.6 Å². The monoisotopic (exact) mass is 248 g/mol. The Bertz CT molecular complexity index is 363. The molecule has 98 valence electrons. The number of piperidine rings is 1. The highest BCUT2D eigenvalue weighted by atomic mass is 16.1. The topological polar surface area (TPSA) is 66.9 Å². The summed E-state index contributed by atoms with van der Waals surface area (Å²) in [6.45, 7) is 2.67. The minimum Gasteiger partial charge on any atom is -0.350 e. The van der Waals surface area contributed by atoms with Gasteiger partial charge in [0, 0.05) is 12.6 Å². The maximum atomic E-state index is 11.7. The fourth-order valence-corrected chi connectivity index (χ4v) is 2.21. The van der Waals surface area contributed by atoms with E-state index in [0.717, 1.165) is 25.2 Å². The number of carbonyl (C=O) groups excluding carboxylic acids is 1. The van der Waals surface area contributed by atoms with Crippen LogP contribution in [0.5, 0.6) is 0 Å². The highest BCUT2D eigenvalue weighted by Gasteiger charge is 2.14. The molecule has 1 atom stereocenters. The fourth-order valence-electron chi connectivity index (χ4n) is 2.21. The third-order valence-electron chi connectivity index (χ3n) is 3.29. The molecule has 0 radical (unpaired) electrons. The van der Waals surface area contributed by atoms with Gasteiger partial charge < -0.3 is 10.6 Å². The standard InChI is InChI=1S/C13H20N4O/c18-13(4-3-11-2-1-6-14-8-11)16-9-12-5-7-15-10-17-12/h5,7,10-11,14H,1-4,6,8-9H2,(H,16,18). The molecule has 18 heavy (non-hydrogen) atoms. The Morgan fingerprint density at radius 1 is 1.56 bits per heavy atom. The number of hydrogen-bond donors (Lipinski definition) is 2. The Labute approximate surface area is 107 Å². The molecule has 1 unspecified atom stereocenters. The summed E-state index contributed by atoms with van der Waals surface area (Å²) in [5, 5.41) is 6.26. The van der Waals surface area contributed by atoms with Gasteiger partial charge in [-0.1, -0.05) is 0 Å². The highest BCUT2D eigenvalue weighted by Crippen LogP contribution is 2.15. The van der Waals surface area contributed by atoms with Crippen molar-refractivity contribution in [2.75, 3.05) is 13.1 Å². The van der Waals surface area contributed by atoms with Gasteiger partial charge in [0.05, 0.1) is 12.2 Å². The first-order valence-corrected chi connectivity index (χ1v) is 6.57. The van der Waals surface area contributed by atoms with Crippen LogP contribution >= 0.6 is 0 Å². The molecule has 1 aromatic heterocycles. The van der Waals surface area contributed by atoms with Crippen LogP contribution < -0.4 is 10.6 Å². The summed E-state index contributed by atoms with van der Waals surface area (Å²) in [6, 6.07) is 1.81. The van der Waals surface area contributed by atoms with Crippen molar-refractivity contribution < 1.29 is 4.79 Å². The first-order valence-electron chi connectivity index (χ1n) is 6.57. The van der Waals surface area contributed by atoms with Crippen molar-refractivity contribution in [2.24, 2.45) is 5.92 Å². The van der Waals surface area contributed by atoms with Gasteiger partial charge in [-0.05, 0) is 44.3 Å². The van der Waals surface area contributed by atoms with Gasteiger partial charge in [0.15, 0.2) is 0 Å². The van der Waals surface area contributed by atoms with Crippen LogP contribution in [0.1, 0.15) is 31.4 Å². The minimum absolute atomic E-state index is 0.110. The van der Waals surface area contributed by atoms with Gasteiger partial charge in [0.1, 0.15) is 6.33 Å². The summed E-state index contributed by atoms with van der Waals surface area (Å²) in [6.07, 6.45) is 7.23. The molecular weight excluding hydrogens is 228 g/mol. The molecule has 1 aliphatic rings. The van der Waals surface area contributed by atoms with Crippen LogP contribution in [0.3, 0.4) is 0 Å². The average Bonchev–Trinajstić information content (AvgIpc) is 2.45. The zero-order valence-corrected chi connectivity index (χ0v) is 10.6. The van der Waals surface area contributed by atoms with Crippen molar-refractivity contribution >= 4 is 5.91 Å². The Morgan fingerprint density at radius 3 is 3.22 bits per heavy atom. The first kappa shape index (κ1) is 13.0. The smallest absolute Gasteiger partial charge is 0.220 e. The molecule has 1 aliphatic heterocycles. The normalized spacial score (nSPS) is 19.4. The Hall–Kier alpha value is -1.49. The molecular formula is C13H20N4O. The molecule has 0 aromatic carbocycles. The molecule has 2 N–H and O–H groups in total. The third-order valence-corrected chi connectivity index (χ3v) is 3.29. The fraction of sp³-hybridized carbons (Fsp3) is 0.615. The van der Waals surface area contributed by atoms with E-state index < -0.39 is 0 Å². The lowest BCUT2D eigenvalue weighted by molar-refractivity contribution is -0.121. The summed E-state index contributed by atoms with van der Waals surface area (Å²) in [5.41, 5.74) is 0.845. The van der Waals surface area contributed by atoms with Crippen LogP contribution in [0, 0.1) is 5.92 Å². The van der Waals surface area contributed by atoms with Gasteiger partial charge in [-0.15, -0.1) is 0 Å². The van der Waals surface area contributed by atoms with Gasteiger partial charge in [-0.2, -0.15) is 0 Å². The average molecular weight is 248 g/mol. The van der Waals surface area contributed by atoms with Crippen LogP contribution in [0.15, 0.2) is 18.6 Å². The van der Waals surface area contributed by atoms with E-state index in [9.17, 15) is 4.79 Å². The Morgan fingerprint density at radius 2 is 2.50 bits per heavy atom. The van der Waals surface area contributed by atoms with E-state index in [-0.39, 0.29) is 5.91 Å². The van der Waals surface area contributed by atoms with Crippen molar-refractivity contribution in [2.45, 2.75) is 32.2 Å². The van der Waals surface area contributed by atoms with Crippen molar-refractivity contribution in [3.63, 3.8) is 0 Å². The van der Waals surface area contributed by atoms with Gasteiger partial charge >= 0.3 is 0 Å². The summed E-state index contributed by atoms with van der Waals surface area (Å²) < 4.78 is 0. The van der Waals surface area contributed by atoms with Crippen molar-refractivity contribution in [3.05, 3.63) is 24.3 Å². The number of amides is 1. The second-order valence-electron chi connectivity index (χ2n) is 4.73. The number of aromatic nitrogens is 2. The molecule has 1 saturated heterocycles. The van der Waals surface area contributed by atoms with Gasteiger partial charge in [0.25, 0.3) is 0 Å². The lowest BCUT2D eigenvalue weighted by Crippen LogP contribution is -2.31. The van der Waals surface area contributed by atoms with Crippen molar-refractivity contribution in [1.29, 1.82) is 0 Å². The SMILES string of the molecule is O=C(CCC1CCCNC1)NCc1ccncn1. The Kier molecular flexibility index (Phi) is 5.08. The molecule has 0 aliphatic carbocycles. The van der Waals surface area contributed by atoms with Crippen molar-refractivity contribution in [1.82, 2.24) is 20.6 Å². The molecule has 0 saturated carbocycles.